The van der Waals surface area contributed by atoms with Crippen LogP contribution in [0, 0.1) is 11.3 Å². The smallest absolute Gasteiger partial charge is 0.332 e. The summed E-state index contributed by atoms with van der Waals surface area (Å²) >= 11 is 12.3. The van der Waals surface area contributed by atoms with Crippen LogP contribution in [0.15, 0.2) is 39.2 Å². The molecule has 0 amide bonds. The molecule has 1 aliphatic heterocycles. The topological polar surface area (TPSA) is 106 Å². The number of nitrogens with one attached hydrogen (secondary N) is 1. The van der Waals surface area contributed by atoms with E-state index < -0.39 is 17.2 Å². The first-order valence-corrected chi connectivity index (χ1v) is 7.95. The van der Waals surface area contributed by atoms with Gasteiger partial charge in [-0.3, -0.25) is 13.9 Å². The molecule has 3 N–H and O–H groups in total. The van der Waals surface area contributed by atoms with Crippen LogP contribution in [-0.2, 0) is 14.1 Å². The first-order valence-electron chi connectivity index (χ1n) is 7.19. The van der Waals surface area contributed by atoms with Crippen LogP contribution in [0.1, 0.15) is 17.0 Å². The van der Waals surface area contributed by atoms with Gasteiger partial charge in [-0.2, -0.15) is 5.26 Å². The number of halogens is 2. The zero-order valence-corrected chi connectivity index (χ0v) is 14.8. The van der Waals surface area contributed by atoms with Crippen LogP contribution in [0.25, 0.3) is 0 Å². The molecule has 0 spiro atoms. The van der Waals surface area contributed by atoms with Gasteiger partial charge in [0.2, 0.25) is 0 Å². The number of nitrogens with zero attached hydrogens (tertiary/aromatic N) is 3. The summed E-state index contributed by atoms with van der Waals surface area (Å²) in [6.45, 7) is 0. The number of rotatable bonds is 1. The van der Waals surface area contributed by atoms with E-state index in [1.54, 1.807) is 12.1 Å². The second-order valence-corrected chi connectivity index (χ2v) is 6.47. The summed E-state index contributed by atoms with van der Waals surface area (Å²) in [6.07, 6.45) is 0. The van der Waals surface area contributed by atoms with Gasteiger partial charge in [0.1, 0.15) is 11.6 Å². The van der Waals surface area contributed by atoms with Gasteiger partial charge in [-0.25, -0.2) is 4.79 Å². The summed E-state index contributed by atoms with van der Waals surface area (Å²) in [6, 6.07) is 6.81. The van der Waals surface area contributed by atoms with Crippen molar-refractivity contribution in [2.75, 3.05) is 5.32 Å². The van der Waals surface area contributed by atoms with Crippen LogP contribution in [0.4, 0.5) is 5.82 Å². The fraction of sp³-hybridized carbons (Fsp3) is 0.188. The maximum atomic E-state index is 12.8. The molecule has 0 radical (unpaired) electrons. The van der Waals surface area contributed by atoms with Gasteiger partial charge in [0.25, 0.3) is 5.56 Å². The third-order valence-electron chi connectivity index (χ3n) is 4.21. The number of nitrogens with two attached hydrogens (primary N) is 1. The van der Waals surface area contributed by atoms with Crippen LogP contribution < -0.4 is 22.3 Å². The molecule has 1 aromatic heterocycles. The van der Waals surface area contributed by atoms with Crippen molar-refractivity contribution in [2.24, 2.45) is 19.8 Å². The fourth-order valence-corrected chi connectivity index (χ4v) is 3.47. The number of benzene rings is 1. The number of nitriles is 1. The third kappa shape index (κ3) is 2.51. The monoisotopic (exact) mass is 377 g/mol. The highest BCUT2D eigenvalue weighted by atomic mass is 35.5. The van der Waals surface area contributed by atoms with Crippen LogP contribution in [0.3, 0.4) is 0 Å². The second-order valence-electron chi connectivity index (χ2n) is 5.63. The van der Waals surface area contributed by atoms with Crippen LogP contribution in [0.2, 0.25) is 10.0 Å². The average Bonchev–Trinajstić information content (AvgIpc) is 2.57. The molecule has 0 bridgehead atoms. The van der Waals surface area contributed by atoms with E-state index in [1.165, 1.54) is 24.7 Å². The number of allylic oxidation sites excluding steroid dienone is 1. The third-order valence-corrected chi connectivity index (χ3v) is 4.78. The summed E-state index contributed by atoms with van der Waals surface area (Å²) < 4.78 is 2.25. The molecule has 128 valence electrons. The molecule has 2 aromatic rings. The van der Waals surface area contributed by atoms with Gasteiger partial charge in [0.15, 0.2) is 0 Å². The van der Waals surface area contributed by atoms with E-state index in [-0.39, 0.29) is 22.8 Å². The SMILES string of the molecule is Cn1c2c(c(=O)n(C)c1=O)[C@H](c1ccc(Cl)cc1Cl)C(C#N)=C(N)N2. The highest BCUT2D eigenvalue weighted by Gasteiger charge is 2.35. The van der Waals surface area contributed by atoms with E-state index in [0.717, 1.165) is 4.57 Å². The molecule has 1 aliphatic rings. The van der Waals surface area contributed by atoms with E-state index in [1.807, 2.05) is 6.07 Å². The Kier molecular flexibility index (Phi) is 4.11. The van der Waals surface area contributed by atoms with Gasteiger partial charge < -0.3 is 11.1 Å². The molecule has 0 saturated heterocycles. The lowest BCUT2D eigenvalue weighted by atomic mass is 9.84. The maximum absolute atomic E-state index is 12.8. The number of hydrogen-bond donors (Lipinski definition) is 2. The molecule has 3 rings (SSSR count). The summed E-state index contributed by atoms with van der Waals surface area (Å²) in [4.78, 5) is 25.0. The summed E-state index contributed by atoms with van der Waals surface area (Å²) in [7, 11) is 2.89. The van der Waals surface area contributed by atoms with E-state index in [9.17, 15) is 14.9 Å². The Morgan fingerprint density at radius 1 is 1.24 bits per heavy atom. The van der Waals surface area contributed by atoms with Crippen LogP contribution in [-0.4, -0.2) is 9.13 Å². The van der Waals surface area contributed by atoms with Gasteiger partial charge in [-0.15, -0.1) is 0 Å². The van der Waals surface area contributed by atoms with Crippen molar-refractivity contribution in [1.29, 1.82) is 5.26 Å². The van der Waals surface area contributed by atoms with Crippen molar-refractivity contribution in [3.05, 3.63) is 71.6 Å². The van der Waals surface area contributed by atoms with Crippen molar-refractivity contribution in [3.63, 3.8) is 0 Å². The number of aromatic nitrogens is 2. The van der Waals surface area contributed by atoms with Gasteiger partial charge >= 0.3 is 5.69 Å². The van der Waals surface area contributed by atoms with E-state index >= 15 is 0 Å². The molecule has 0 fully saturated rings. The first-order chi connectivity index (χ1) is 11.8. The quantitative estimate of drug-likeness (QED) is 0.785. The molecule has 25 heavy (non-hydrogen) atoms. The molecule has 1 aromatic carbocycles. The Bertz CT molecular complexity index is 1090. The molecule has 0 unspecified atom stereocenters. The average molecular weight is 378 g/mol. The molecular weight excluding hydrogens is 365 g/mol. The predicted octanol–water partition coefficient (Wildman–Crippen LogP) is 1.64. The summed E-state index contributed by atoms with van der Waals surface area (Å²) in [5.41, 5.74) is 5.81. The van der Waals surface area contributed by atoms with Gasteiger partial charge in [0, 0.05) is 24.1 Å². The van der Waals surface area contributed by atoms with Crippen molar-refractivity contribution in [1.82, 2.24) is 9.13 Å². The Balaban J connectivity index is 2.45. The maximum Gasteiger partial charge on any atom is 0.332 e. The second kappa shape index (κ2) is 5.99. The zero-order chi connectivity index (χ0) is 18.5. The van der Waals surface area contributed by atoms with Gasteiger partial charge in [-0.05, 0) is 17.7 Å². The van der Waals surface area contributed by atoms with Gasteiger partial charge in [-0.1, -0.05) is 29.3 Å². The van der Waals surface area contributed by atoms with Crippen molar-refractivity contribution < 1.29 is 0 Å². The fourth-order valence-electron chi connectivity index (χ4n) is 2.95. The minimum atomic E-state index is -0.809. The number of hydrogen-bond acceptors (Lipinski definition) is 5. The normalized spacial score (nSPS) is 16.2. The van der Waals surface area contributed by atoms with E-state index in [0.29, 0.717) is 15.6 Å². The molecular formula is C16H13Cl2N5O2. The Labute approximate surface area is 152 Å². The summed E-state index contributed by atoms with van der Waals surface area (Å²) in [5, 5.41) is 13.1. The minimum absolute atomic E-state index is 0.0641. The lowest BCUT2D eigenvalue weighted by molar-refractivity contribution is 0.664. The predicted molar refractivity (Wildman–Crippen MR) is 95.7 cm³/mol. The number of fused-ring (bicyclic) bond motifs is 1. The van der Waals surface area contributed by atoms with Crippen LogP contribution in [0.5, 0.6) is 0 Å². The van der Waals surface area contributed by atoms with Crippen molar-refractivity contribution in [2.45, 2.75) is 5.92 Å². The molecule has 1 atom stereocenters. The van der Waals surface area contributed by atoms with Crippen molar-refractivity contribution >= 4 is 29.0 Å². The van der Waals surface area contributed by atoms with Gasteiger partial charge in [0.05, 0.1) is 23.1 Å². The molecule has 0 saturated carbocycles. The lowest BCUT2D eigenvalue weighted by Gasteiger charge is -2.29. The minimum Gasteiger partial charge on any atom is -0.384 e. The molecule has 7 nitrogen and oxygen atoms in total. The first kappa shape index (κ1) is 17.1. The molecule has 2 heterocycles. The molecule has 0 aliphatic carbocycles. The van der Waals surface area contributed by atoms with Crippen molar-refractivity contribution in [3.8, 4) is 6.07 Å². The largest absolute Gasteiger partial charge is 0.384 e. The standard InChI is InChI=1S/C16H13Cl2N5O2/c1-22-14-12(15(24)23(2)16(22)25)11(9(6-19)13(20)21-14)8-4-3-7(17)5-10(8)18/h3-5,11,21H,20H2,1-2H3/t11-/m1/s1. The lowest BCUT2D eigenvalue weighted by Crippen LogP contribution is -2.43. The number of anilines is 1. The van der Waals surface area contributed by atoms with E-state index in [4.69, 9.17) is 28.9 Å². The highest BCUT2D eigenvalue weighted by molar-refractivity contribution is 6.35. The summed E-state index contributed by atoms with van der Waals surface area (Å²) in [5.74, 6) is -0.508. The van der Waals surface area contributed by atoms with E-state index in [2.05, 4.69) is 5.32 Å². The zero-order valence-electron chi connectivity index (χ0n) is 13.3. The molecule has 9 heteroatoms. The highest BCUT2D eigenvalue weighted by Crippen LogP contribution is 2.41. The van der Waals surface area contributed by atoms with Crippen LogP contribution >= 0.6 is 23.2 Å². The Morgan fingerprint density at radius 2 is 1.92 bits per heavy atom. The Morgan fingerprint density at radius 3 is 2.52 bits per heavy atom. The Hall–Kier alpha value is -2.69.